The van der Waals surface area contributed by atoms with Crippen molar-refractivity contribution in [1.82, 2.24) is 9.78 Å². The van der Waals surface area contributed by atoms with Gasteiger partial charge in [0.05, 0.1) is 16.9 Å². The summed E-state index contributed by atoms with van der Waals surface area (Å²) >= 11 is 0. The van der Waals surface area contributed by atoms with Crippen LogP contribution in [0.5, 0.6) is 0 Å². The first kappa shape index (κ1) is 12.8. The van der Waals surface area contributed by atoms with E-state index in [2.05, 4.69) is 10.2 Å². The minimum absolute atomic E-state index is 0.0866. The van der Waals surface area contributed by atoms with Crippen LogP contribution in [0.25, 0.3) is 10.9 Å². The Hall–Kier alpha value is -2.95. The van der Waals surface area contributed by atoms with Crippen molar-refractivity contribution in [3.05, 3.63) is 60.8 Å². The smallest absolute Gasteiger partial charge is 0.270 e. The maximum Gasteiger partial charge on any atom is 0.278 e. The fourth-order valence-corrected chi connectivity index (χ4v) is 2.73. The number of hydrazone groups is 1. The lowest BCUT2D eigenvalue weighted by Crippen LogP contribution is -2.29. The lowest BCUT2D eigenvalue weighted by molar-refractivity contribution is -0.119. The highest BCUT2D eigenvalue weighted by molar-refractivity contribution is 6.16. The molecule has 1 aromatic heterocycles. The van der Waals surface area contributed by atoms with Crippen molar-refractivity contribution in [2.75, 3.05) is 5.01 Å². The number of rotatable bonds is 2. The molecule has 2 aromatic carbocycles. The zero-order valence-corrected chi connectivity index (χ0v) is 12.0. The van der Waals surface area contributed by atoms with Crippen LogP contribution < -0.4 is 5.01 Å². The van der Waals surface area contributed by atoms with Gasteiger partial charge < -0.3 is 0 Å². The molecule has 2 heterocycles. The van der Waals surface area contributed by atoms with E-state index in [1.165, 1.54) is 5.01 Å². The van der Waals surface area contributed by atoms with Crippen molar-refractivity contribution >= 4 is 28.2 Å². The van der Waals surface area contributed by atoms with Crippen LogP contribution in [0.4, 0.5) is 5.69 Å². The molecule has 0 bridgehead atoms. The summed E-state index contributed by atoms with van der Waals surface area (Å²) < 4.78 is 1.70. The van der Waals surface area contributed by atoms with Gasteiger partial charge >= 0.3 is 0 Å². The van der Waals surface area contributed by atoms with Gasteiger partial charge in [-0.1, -0.05) is 36.4 Å². The fraction of sp³-hybridized carbons (Fsp3) is 0.118. The molecule has 0 unspecified atom stereocenters. The lowest BCUT2D eigenvalue weighted by Gasteiger charge is -2.14. The predicted octanol–water partition coefficient (Wildman–Crippen LogP) is 3.00. The van der Waals surface area contributed by atoms with E-state index < -0.39 is 6.04 Å². The van der Waals surface area contributed by atoms with Crippen LogP contribution in [-0.4, -0.2) is 21.4 Å². The summed E-state index contributed by atoms with van der Waals surface area (Å²) in [5, 5.41) is 11.4. The average Bonchev–Trinajstić information content (AvgIpc) is 3.08. The maximum atomic E-state index is 12.7. The van der Waals surface area contributed by atoms with E-state index in [0.29, 0.717) is 0 Å². The highest BCUT2D eigenvalue weighted by atomic mass is 16.2. The molecule has 1 aliphatic heterocycles. The number of aromatic nitrogens is 2. The number of anilines is 1. The Morgan fingerprint density at radius 3 is 2.50 bits per heavy atom. The number of carbonyl (C=O) groups is 1. The molecule has 1 aliphatic rings. The quantitative estimate of drug-likeness (QED) is 0.728. The molecule has 0 spiro atoms. The molecule has 0 aliphatic carbocycles. The maximum absolute atomic E-state index is 12.7. The highest BCUT2D eigenvalue weighted by Gasteiger charge is 2.36. The van der Waals surface area contributed by atoms with Crippen molar-refractivity contribution in [1.29, 1.82) is 0 Å². The minimum Gasteiger partial charge on any atom is -0.270 e. The van der Waals surface area contributed by atoms with E-state index in [9.17, 15) is 4.79 Å². The Balaban J connectivity index is 1.74. The number of carbonyl (C=O) groups excluding carboxylic acids is 1. The van der Waals surface area contributed by atoms with Crippen molar-refractivity contribution in [3.63, 3.8) is 0 Å². The Morgan fingerprint density at radius 1 is 1.00 bits per heavy atom. The summed E-state index contributed by atoms with van der Waals surface area (Å²) in [6.45, 7) is 1.86. The number of amides is 1. The largest absolute Gasteiger partial charge is 0.278 e. The van der Waals surface area contributed by atoms with Crippen LogP contribution in [0, 0.1) is 0 Å². The Labute approximate surface area is 127 Å². The lowest BCUT2D eigenvalue weighted by atomic mass is 10.2. The van der Waals surface area contributed by atoms with Gasteiger partial charge in [-0.05, 0) is 25.1 Å². The van der Waals surface area contributed by atoms with Crippen LogP contribution in [0.15, 0.2) is 65.9 Å². The highest BCUT2D eigenvalue weighted by Crippen LogP contribution is 2.27. The molecule has 22 heavy (non-hydrogen) atoms. The first-order valence-electron chi connectivity index (χ1n) is 7.12. The number of hydrogen-bond donors (Lipinski definition) is 0. The van der Waals surface area contributed by atoms with Gasteiger partial charge in [-0.3, -0.25) is 9.48 Å². The third-order valence-electron chi connectivity index (χ3n) is 3.79. The molecule has 0 radical (unpaired) electrons. The van der Waals surface area contributed by atoms with E-state index in [-0.39, 0.29) is 5.91 Å². The summed E-state index contributed by atoms with van der Waals surface area (Å²) in [4.78, 5) is 12.7. The molecule has 108 valence electrons. The molecule has 0 N–H and O–H groups in total. The predicted molar refractivity (Wildman–Crippen MR) is 85.8 cm³/mol. The Kier molecular flexibility index (Phi) is 2.79. The summed E-state index contributed by atoms with van der Waals surface area (Å²) in [5.74, 6) is -0.0866. The molecule has 0 fully saturated rings. The summed E-state index contributed by atoms with van der Waals surface area (Å²) in [6.07, 6.45) is 1.89. The second-order valence-corrected chi connectivity index (χ2v) is 5.30. The second kappa shape index (κ2) is 4.80. The second-order valence-electron chi connectivity index (χ2n) is 5.30. The van der Waals surface area contributed by atoms with Gasteiger partial charge in [-0.15, -0.1) is 0 Å². The third kappa shape index (κ3) is 1.90. The fourth-order valence-electron chi connectivity index (χ4n) is 2.73. The SMILES string of the molecule is CC1=NN(c2ccccc2)C(=O)[C@H]1n1cc2ccccc2n1. The Morgan fingerprint density at radius 2 is 1.73 bits per heavy atom. The topological polar surface area (TPSA) is 50.5 Å². The van der Waals surface area contributed by atoms with Crippen LogP contribution in [0.2, 0.25) is 0 Å². The van der Waals surface area contributed by atoms with Gasteiger partial charge in [0.1, 0.15) is 0 Å². The molecule has 5 heteroatoms. The van der Waals surface area contributed by atoms with Gasteiger partial charge in [0.25, 0.3) is 5.91 Å². The monoisotopic (exact) mass is 290 g/mol. The number of hydrogen-bond acceptors (Lipinski definition) is 3. The van der Waals surface area contributed by atoms with Crippen molar-refractivity contribution in [2.24, 2.45) is 5.10 Å². The Bertz CT molecular complexity index is 849. The number of fused-ring (bicyclic) bond motifs is 1. The first-order valence-corrected chi connectivity index (χ1v) is 7.12. The van der Waals surface area contributed by atoms with Crippen LogP contribution >= 0.6 is 0 Å². The van der Waals surface area contributed by atoms with E-state index in [1.54, 1.807) is 4.68 Å². The van der Waals surface area contributed by atoms with Gasteiger partial charge in [0, 0.05) is 11.6 Å². The standard InChI is InChI=1S/C17H14N4O/c1-12-16(20-11-13-7-5-6-10-15(13)19-20)17(22)21(18-12)14-8-3-2-4-9-14/h2-11,16H,1H3/t16-/m0/s1. The molecule has 1 amide bonds. The average molecular weight is 290 g/mol. The van der Waals surface area contributed by atoms with Crippen LogP contribution in [-0.2, 0) is 4.79 Å². The van der Waals surface area contributed by atoms with E-state index in [4.69, 9.17) is 0 Å². The normalized spacial score (nSPS) is 18.0. The number of nitrogens with zero attached hydrogens (tertiary/aromatic N) is 4. The zero-order valence-electron chi connectivity index (χ0n) is 12.0. The van der Waals surface area contributed by atoms with Crippen LogP contribution in [0.1, 0.15) is 13.0 Å². The van der Waals surface area contributed by atoms with Gasteiger partial charge in [0.2, 0.25) is 0 Å². The van der Waals surface area contributed by atoms with Gasteiger partial charge in [0.15, 0.2) is 6.04 Å². The third-order valence-corrected chi connectivity index (χ3v) is 3.79. The van der Waals surface area contributed by atoms with E-state index in [0.717, 1.165) is 22.3 Å². The number of para-hydroxylation sites is 1. The van der Waals surface area contributed by atoms with Crippen molar-refractivity contribution < 1.29 is 4.79 Å². The molecule has 1 atom stereocenters. The summed E-state index contributed by atoms with van der Waals surface area (Å²) in [5.41, 5.74) is 2.38. The zero-order chi connectivity index (χ0) is 15.1. The molecule has 3 aromatic rings. The van der Waals surface area contributed by atoms with Crippen molar-refractivity contribution in [3.8, 4) is 0 Å². The van der Waals surface area contributed by atoms with Crippen molar-refractivity contribution in [2.45, 2.75) is 13.0 Å². The number of benzene rings is 2. The molecule has 0 saturated carbocycles. The molecular formula is C17H14N4O. The summed E-state index contributed by atoms with van der Waals surface area (Å²) in [6, 6.07) is 16.8. The molecule has 4 rings (SSSR count). The van der Waals surface area contributed by atoms with Gasteiger partial charge in [-0.2, -0.15) is 15.2 Å². The first-order chi connectivity index (χ1) is 10.7. The molecule has 5 nitrogen and oxygen atoms in total. The van der Waals surface area contributed by atoms with Crippen LogP contribution in [0.3, 0.4) is 0 Å². The minimum atomic E-state index is -0.479. The van der Waals surface area contributed by atoms with E-state index in [1.807, 2.05) is 67.7 Å². The molecular weight excluding hydrogens is 276 g/mol. The molecule has 0 saturated heterocycles. The summed E-state index contributed by atoms with van der Waals surface area (Å²) in [7, 11) is 0. The van der Waals surface area contributed by atoms with E-state index >= 15 is 0 Å². The van der Waals surface area contributed by atoms with Gasteiger partial charge in [-0.25, -0.2) is 0 Å².